The van der Waals surface area contributed by atoms with Gasteiger partial charge in [0.1, 0.15) is 0 Å². The lowest BCUT2D eigenvalue weighted by atomic mass is 10.0. The Morgan fingerprint density at radius 2 is 2.15 bits per heavy atom. The molecule has 0 saturated carbocycles. The van der Waals surface area contributed by atoms with Crippen LogP contribution in [0.3, 0.4) is 0 Å². The van der Waals surface area contributed by atoms with Gasteiger partial charge in [-0.15, -0.1) is 12.4 Å². The topological polar surface area (TPSA) is 81.3 Å². The molecule has 1 aromatic carbocycles. The predicted molar refractivity (Wildman–Crippen MR) is 80.3 cm³/mol. The van der Waals surface area contributed by atoms with E-state index in [1.54, 1.807) is 30.5 Å². The van der Waals surface area contributed by atoms with E-state index < -0.39 is 6.04 Å². The standard InChI is InChI=1S/C13H14ClN3O2.ClH/c1-19-12-4-5-16-13(17-12)9-6-8(11(15)7-18)2-3-10(9)14;/h2-6,11,18H,7,15H2,1H3;1H/t11-;/m1./s1. The highest BCUT2D eigenvalue weighted by atomic mass is 35.5. The average molecular weight is 316 g/mol. The molecular weight excluding hydrogens is 301 g/mol. The monoisotopic (exact) mass is 315 g/mol. The number of nitrogens with two attached hydrogens (primary N) is 1. The van der Waals surface area contributed by atoms with Gasteiger partial charge in [0.25, 0.3) is 0 Å². The fraction of sp³-hybridized carbons (Fsp3) is 0.231. The summed E-state index contributed by atoms with van der Waals surface area (Å²) in [6.45, 7) is -0.139. The quantitative estimate of drug-likeness (QED) is 0.904. The Balaban J connectivity index is 0.00000200. The maximum Gasteiger partial charge on any atom is 0.216 e. The normalized spacial score (nSPS) is 11.6. The van der Waals surface area contributed by atoms with Crippen LogP contribution in [0.1, 0.15) is 11.6 Å². The van der Waals surface area contributed by atoms with E-state index in [1.165, 1.54) is 7.11 Å². The van der Waals surface area contributed by atoms with E-state index in [0.29, 0.717) is 22.3 Å². The first-order valence-corrected chi connectivity index (χ1v) is 6.06. The molecule has 0 aliphatic carbocycles. The molecule has 0 aliphatic rings. The third kappa shape index (κ3) is 3.58. The van der Waals surface area contributed by atoms with Crippen LogP contribution in [-0.2, 0) is 0 Å². The van der Waals surface area contributed by atoms with Crippen LogP contribution >= 0.6 is 24.0 Å². The zero-order valence-electron chi connectivity index (χ0n) is 10.8. The highest BCUT2D eigenvalue weighted by molar-refractivity contribution is 6.33. The summed E-state index contributed by atoms with van der Waals surface area (Å²) in [7, 11) is 1.53. The first-order chi connectivity index (χ1) is 9.15. The van der Waals surface area contributed by atoms with Gasteiger partial charge in [0.05, 0.1) is 24.8 Å². The molecule has 2 rings (SSSR count). The van der Waals surface area contributed by atoms with Gasteiger partial charge in [-0.1, -0.05) is 17.7 Å². The Morgan fingerprint density at radius 3 is 2.80 bits per heavy atom. The van der Waals surface area contributed by atoms with Crippen LogP contribution in [0.25, 0.3) is 11.4 Å². The molecule has 5 nitrogen and oxygen atoms in total. The number of nitrogens with zero attached hydrogens (tertiary/aromatic N) is 2. The summed E-state index contributed by atoms with van der Waals surface area (Å²) in [6.07, 6.45) is 1.59. The first-order valence-electron chi connectivity index (χ1n) is 5.69. The van der Waals surface area contributed by atoms with Gasteiger partial charge < -0.3 is 15.6 Å². The number of ether oxygens (including phenoxy) is 1. The average Bonchev–Trinajstić information content (AvgIpc) is 2.47. The molecule has 7 heteroatoms. The maximum absolute atomic E-state index is 9.09. The number of methoxy groups -OCH3 is 1. The van der Waals surface area contributed by atoms with Crippen LogP contribution in [0, 0.1) is 0 Å². The lowest BCUT2D eigenvalue weighted by Crippen LogP contribution is -2.14. The second-order valence-corrected chi connectivity index (χ2v) is 4.36. The molecule has 0 amide bonds. The minimum Gasteiger partial charge on any atom is -0.481 e. The lowest BCUT2D eigenvalue weighted by Gasteiger charge is -2.11. The summed E-state index contributed by atoms with van der Waals surface area (Å²) in [5.41, 5.74) is 7.21. The molecule has 0 saturated heterocycles. The van der Waals surface area contributed by atoms with Crippen molar-refractivity contribution in [2.24, 2.45) is 5.73 Å². The molecule has 0 bridgehead atoms. The highest BCUT2D eigenvalue weighted by Gasteiger charge is 2.12. The Labute approximate surface area is 128 Å². The van der Waals surface area contributed by atoms with Gasteiger partial charge in [0, 0.05) is 17.8 Å². The molecule has 2 aromatic rings. The Kier molecular flexibility index (Phi) is 6.16. The van der Waals surface area contributed by atoms with Crippen molar-refractivity contribution >= 4 is 24.0 Å². The number of hydrogen-bond donors (Lipinski definition) is 2. The van der Waals surface area contributed by atoms with Crippen molar-refractivity contribution in [3.05, 3.63) is 41.0 Å². The lowest BCUT2D eigenvalue weighted by molar-refractivity contribution is 0.268. The largest absolute Gasteiger partial charge is 0.481 e. The molecule has 108 valence electrons. The van der Waals surface area contributed by atoms with Gasteiger partial charge in [-0.3, -0.25) is 0 Å². The highest BCUT2D eigenvalue weighted by Crippen LogP contribution is 2.28. The number of hydrogen-bond acceptors (Lipinski definition) is 5. The Morgan fingerprint density at radius 1 is 1.40 bits per heavy atom. The molecule has 0 unspecified atom stereocenters. The number of aliphatic hydroxyl groups is 1. The molecule has 1 atom stereocenters. The number of rotatable bonds is 4. The van der Waals surface area contributed by atoms with E-state index in [2.05, 4.69) is 9.97 Å². The molecule has 1 heterocycles. The number of aromatic nitrogens is 2. The number of benzene rings is 1. The van der Waals surface area contributed by atoms with Crippen molar-refractivity contribution in [1.29, 1.82) is 0 Å². The van der Waals surface area contributed by atoms with Crippen LogP contribution in [0.2, 0.25) is 5.02 Å². The fourth-order valence-electron chi connectivity index (χ4n) is 1.64. The van der Waals surface area contributed by atoms with E-state index in [4.69, 9.17) is 27.2 Å². The van der Waals surface area contributed by atoms with Crippen LogP contribution in [-0.4, -0.2) is 28.8 Å². The van der Waals surface area contributed by atoms with Crippen molar-refractivity contribution in [3.8, 4) is 17.3 Å². The molecule has 0 fully saturated rings. The van der Waals surface area contributed by atoms with Crippen molar-refractivity contribution < 1.29 is 9.84 Å². The zero-order valence-corrected chi connectivity index (χ0v) is 12.4. The number of aliphatic hydroxyl groups excluding tert-OH is 1. The van der Waals surface area contributed by atoms with Gasteiger partial charge in [0.2, 0.25) is 5.88 Å². The summed E-state index contributed by atoms with van der Waals surface area (Å²) in [5, 5.41) is 9.61. The summed E-state index contributed by atoms with van der Waals surface area (Å²) in [4.78, 5) is 8.39. The van der Waals surface area contributed by atoms with E-state index in [0.717, 1.165) is 5.56 Å². The molecule has 0 radical (unpaired) electrons. The first kappa shape index (κ1) is 16.7. The Bertz CT molecular complexity index is 581. The van der Waals surface area contributed by atoms with Crippen molar-refractivity contribution in [2.75, 3.05) is 13.7 Å². The van der Waals surface area contributed by atoms with Gasteiger partial charge in [-0.05, 0) is 17.7 Å². The van der Waals surface area contributed by atoms with Gasteiger partial charge in [-0.25, -0.2) is 4.98 Å². The van der Waals surface area contributed by atoms with E-state index in [1.807, 2.05) is 0 Å². The van der Waals surface area contributed by atoms with E-state index >= 15 is 0 Å². The fourth-order valence-corrected chi connectivity index (χ4v) is 1.84. The predicted octanol–water partition coefficient (Wildman–Crippen LogP) is 2.22. The van der Waals surface area contributed by atoms with E-state index in [-0.39, 0.29) is 19.0 Å². The van der Waals surface area contributed by atoms with Crippen molar-refractivity contribution in [2.45, 2.75) is 6.04 Å². The zero-order chi connectivity index (χ0) is 13.8. The Hall–Kier alpha value is -1.40. The van der Waals surface area contributed by atoms with Crippen molar-refractivity contribution in [1.82, 2.24) is 9.97 Å². The third-order valence-corrected chi connectivity index (χ3v) is 3.02. The minimum atomic E-state index is -0.457. The summed E-state index contributed by atoms with van der Waals surface area (Å²) in [5.74, 6) is 0.911. The van der Waals surface area contributed by atoms with Crippen LogP contribution in [0.5, 0.6) is 5.88 Å². The third-order valence-electron chi connectivity index (χ3n) is 2.70. The minimum absolute atomic E-state index is 0. The smallest absolute Gasteiger partial charge is 0.216 e. The summed E-state index contributed by atoms with van der Waals surface area (Å²) < 4.78 is 5.06. The summed E-state index contributed by atoms with van der Waals surface area (Å²) in [6, 6.07) is 6.46. The van der Waals surface area contributed by atoms with Crippen LogP contribution in [0.4, 0.5) is 0 Å². The maximum atomic E-state index is 9.09. The molecule has 0 aliphatic heterocycles. The van der Waals surface area contributed by atoms with Gasteiger partial charge in [0.15, 0.2) is 5.82 Å². The molecule has 3 N–H and O–H groups in total. The van der Waals surface area contributed by atoms with E-state index in [9.17, 15) is 0 Å². The molecule has 20 heavy (non-hydrogen) atoms. The van der Waals surface area contributed by atoms with Crippen LogP contribution in [0.15, 0.2) is 30.5 Å². The number of halogens is 2. The van der Waals surface area contributed by atoms with Crippen LogP contribution < -0.4 is 10.5 Å². The molecular formula is C13H15Cl2N3O2. The molecule has 0 spiro atoms. The summed E-state index contributed by atoms with van der Waals surface area (Å²) >= 11 is 6.15. The second-order valence-electron chi connectivity index (χ2n) is 3.95. The second kappa shape index (κ2) is 7.40. The van der Waals surface area contributed by atoms with Gasteiger partial charge >= 0.3 is 0 Å². The van der Waals surface area contributed by atoms with Gasteiger partial charge in [-0.2, -0.15) is 4.98 Å². The SMILES string of the molecule is COc1ccnc(-c2cc([C@H](N)CO)ccc2Cl)n1.Cl. The van der Waals surface area contributed by atoms with Crippen molar-refractivity contribution in [3.63, 3.8) is 0 Å². The molecule has 1 aromatic heterocycles.